The van der Waals surface area contributed by atoms with Crippen LogP contribution in [0.15, 0.2) is 12.1 Å². The van der Waals surface area contributed by atoms with Gasteiger partial charge in [0.15, 0.2) is 0 Å². The molecule has 0 aliphatic rings. The molecule has 0 saturated carbocycles. The average molecular weight is 326 g/mol. The SMILES string of the molecule is COc1cc(Cl)c(C(C)(C)CCBr)cc1Cl. The number of halogens is 3. The minimum atomic E-state index is -0.00348. The van der Waals surface area contributed by atoms with Crippen LogP contribution in [0.4, 0.5) is 0 Å². The van der Waals surface area contributed by atoms with Gasteiger partial charge < -0.3 is 4.74 Å². The first kappa shape index (κ1) is 14.1. The fourth-order valence-corrected chi connectivity index (χ4v) is 3.22. The van der Waals surface area contributed by atoms with E-state index in [4.69, 9.17) is 27.9 Å². The Labute approximate surface area is 115 Å². The molecule has 0 saturated heterocycles. The second-order valence-electron chi connectivity index (χ2n) is 4.29. The van der Waals surface area contributed by atoms with Gasteiger partial charge in [-0.1, -0.05) is 53.0 Å². The third-order valence-corrected chi connectivity index (χ3v) is 3.69. The van der Waals surface area contributed by atoms with Gasteiger partial charge in [0.05, 0.1) is 12.1 Å². The lowest BCUT2D eigenvalue weighted by molar-refractivity contribution is 0.414. The van der Waals surface area contributed by atoms with Crippen LogP contribution < -0.4 is 4.74 Å². The highest BCUT2D eigenvalue weighted by atomic mass is 79.9. The van der Waals surface area contributed by atoms with Crippen molar-refractivity contribution in [3.05, 3.63) is 27.7 Å². The van der Waals surface area contributed by atoms with Gasteiger partial charge in [0.1, 0.15) is 5.75 Å². The Morgan fingerprint density at radius 1 is 1.25 bits per heavy atom. The summed E-state index contributed by atoms with van der Waals surface area (Å²) in [6.07, 6.45) is 0.995. The van der Waals surface area contributed by atoms with Gasteiger partial charge in [0.25, 0.3) is 0 Å². The van der Waals surface area contributed by atoms with E-state index in [0.717, 1.165) is 17.3 Å². The Morgan fingerprint density at radius 2 is 1.88 bits per heavy atom. The molecule has 0 N–H and O–H groups in total. The summed E-state index contributed by atoms with van der Waals surface area (Å²) in [6, 6.07) is 3.67. The molecule has 0 amide bonds. The molecule has 0 heterocycles. The van der Waals surface area contributed by atoms with Crippen molar-refractivity contribution in [1.29, 1.82) is 0 Å². The number of hydrogen-bond acceptors (Lipinski definition) is 1. The highest BCUT2D eigenvalue weighted by molar-refractivity contribution is 9.09. The third kappa shape index (κ3) is 3.06. The molecule has 0 bridgehead atoms. The second kappa shape index (κ2) is 5.61. The molecule has 0 aliphatic carbocycles. The Balaban J connectivity index is 3.20. The van der Waals surface area contributed by atoms with Crippen LogP contribution in [0.25, 0.3) is 0 Å². The molecular formula is C12H15BrCl2O. The van der Waals surface area contributed by atoms with Gasteiger partial charge >= 0.3 is 0 Å². The molecule has 1 nitrogen and oxygen atoms in total. The minimum absolute atomic E-state index is 0.00348. The maximum absolute atomic E-state index is 6.25. The van der Waals surface area contributed by atoms with Crippen LogP contribution in [0.5, 0.6) is 5.75 Å². The van der Waals surface area contributed by atoms with E-state index in [2.05, 4.69) is 29.8 Å². The van der Waals surface area contributed by atoms with Gasteiger partial charge in [-0.15, -0.1) is 0 Å². The van der Waals surface area contributed by atoms with Crippen molar-refractivity contribution < 1.29 is 4.74 Å². The fourth-order valence-electron chi connectivity index (χ4n) is 1.57. The zero-order valence-corrected chi connectivity index (χ0v) is 12.7. The van der Waals surface area contributed by atoms with E-state index < -0.39 is 0 Å². The molecule has 1 aromatic carbocycles. The number of alkyl halides is 1. The van der Waals surface area contributed by atoms with Crippen molar-refractivity contribution in [2.24, 2.45) is 0 Å². The van der Waals surface area contributed by atoms with Crippen molar-refractivity contribution in [3.63, 3.8) is 0 Å². The lowest BCUT2D eigenvalue weighted by atomic mass is 9.82. The number of ether oxygens (including phenoxy) is 1. The molecule has 16 heavy (non-hydrogen) atoms. The summed E-state index contributed by atoms with van der Waals surface area (Å²) < 4.78 is 5.13. The minimum Gasteiger partial charge on any atom is -0.495 e. The molecule has 1 rings (SSSR count). The van der Waals surface area contributed by atoms with Gasteiger partial charge in [-0.25, -0.2) is 0 Å². The number of benzene rings is 1. The maximum Gasteiger partial charge on any atom is 0.138 e. The van der Waals surface area contributed by atoms with Gasteiger partial charge in [0, 0.05) is 16.4 Å². The molecular weight excluding hydrogens is 311 g/mol. The van der Waals surface area contributed by atoms with Crippen LogP contribution >= 0.6 is 39.1 Å². The number of methoxy groups -OCH3 is 1. The summed E-state index contributed by atoms with van der Waals surface area (Å²) in [6.45, 7) is 4.30. The molecule has 0 fully saturated rings. The summed E-state index contributed by atoms with van der Waals surface area (Å²) in [5.74, 6) is 0.616. The highest BCUT2D eigenvalue weighted by Gasteiger charge is 2.24. The first-order valence-corrected chi connectivity index (χ1v) is 6.89. The lowest BCUT2D eigenvalue weighted by Crippen LogP contribution is -2.18. The van der Waals surface area contributed by atoms with Gasteiger partial charge in [-0.3, -0.25) is 0 Å². The second-order valence-corrected chi connectivity index (χ2v) is 5.90. The zero-order chi connectivity index (χ0) is 12.3. The van der Waals surface area contributed by atoms with Crippen LogP contribution in [0.1, 0.15) is 25.8 Å². The van der Waals surface area contributed by atoms with Crippen LogP contribution in [0, 0.1) is 0 Å². The predicted octanol–water partition coefficient (Wildman–Crippen LogP) is 5.06. The first-order valence-electron chi connectivity index (χ1n) is 5.02. The summed E-state index contributed by atoms with van der Waals surface area (Å²) >= 11 is 15.8. The van der Waals surface area contributed by atoms with Crippen molar-refractivity contribution in [1.82, 2.24) is 0 Å². The van der Waals surface area contributed by atoms with Crippen LogP contribution in [-0.2, 0) is 5.41 Å². The molecule has 0 radical (unpaired) electrons. The standard InChI is InChI=1S/C12H15BrCl2O/c1-12(2,4-5-13)8-6-10(15)11(16-3)7-9(8)14/h6-7H,4-5H2,1-3H3. The lowest BCUT2D eigenvalue weighted by Gasteiger charge is -2.26. The van der Waals surface area contributed by atoms with E-state index in [1.165, 1.54) is 0 Å². The molecule has 0 spiro atoms. The summed E-state index contributed by atoms with van der Waals surface area (Å²) in [7, 11) is 1.58. The molecule has 0 unspecified atom stereocenters. The van der Waals surface area contributed by atoms with Crippen molar-refractivity contribution in [2.45, 2.75) is 25.7 Å². The van der Waals surface area contributed by atoms with E-state index >= 15 is 0 Å². The van der Waals surface area contributed by atoms with E-state index in [9.17, 15) is 0 Å². The predicted molar refractivity (Wildman–Crippen MR) is 74.5 cm³/mol. The van der Waals surface area contributed by atoms with Crippen molar-refractivity contribution in [2.75, 3.05) is 12.4 Å². The van der Waals surface area contributed by atoms with E-state index in [-0.39, 0.29) is 5.41 Å². The van der Waals surface area contributed by atoms with Gasteiger partial charge in [-0.2, -0.15) is 0 Å². The Hall–Kier alpha value is 0.0800. The molecule has 0 aliphatic heterocycles. The van der Waals surface area contributed by atoms with Crippen LogP contribution in [-0.4, -0.2) is 12.4 Å². The highest BCUT2D eigenvalue weighted by Crippen LogP contribution is 2.38. The van der Waals surface area contributed by atoms with Gasteiger partial charge in [0.2, 0.25) is 0 Å². The summed E-state index contributed by atoms with van der Waals surface area (Å²) in [5, 5.41) is 2.23. The average Bonchev–Trinajstić information content (AvgIpc) is 2.20. The van der Waals surface area contributed by atoms with E-state index in [0.29, 0.717) is 15.8 Å². The largest absolute Gasteiger partial charge is 0.495 e. The Bertz CT molecular complexity index is 378. The summed E-state index contributed by atoms with van der Waals surface area (Å²) in [4.78, 5) is 0. The van der Waals surface area contributed by atoms with Crippen molar-refractivity contribution >= 4 is 39.1 Å². The maximum atomic E-state index is 6.25. The normalized spacial score (nSPS) is 11.6. The Morgan fingerprint density at radius 3 is 2.38 bits per heavy atom. The zero-order valence-electron chi connectivity index (χ0n) is 9.61. The third-order valence-electron chi connectivity index (χ3n) is 2.69. The smallest absolute Gasteiger partial charge is 0.138 e. The molecule has 0 aromatic heterocycles. The van der Waals surface area contributed by atoms with Crippen LogP contribution in [0.3, 0.4) is 0 Å². The quantitative estimate of drug-likeness (QED) is 0.703. The molecule has 0 atom stereocenters. The number of rotatable bonds is 4. The summed E-state index contributed by atoms with van der Waals surface area (Å²) in [5.41, 5.74) is 1.05. The number of hydrogen-bond donors (Lipinski definition) is 0. The monoisotopic (exact) mass is 324 g/mol. The molecule has 4 heteroatoms. The Kier molecular flexibility index (Phi) is 4.96. The van der Waals surface area contributed by atoms with E-state index in [1.807, 2.05) is 6.07 Å². The molecule has 1 aromatic rings. The van der Waals surface area contributed by atoms with Crippen molar-refractivity contribution in [3.8, 4) is 5.75 Å². The van der Waals surface area contributed by atoms with Crippen LogP contribution in [0.2, 0.25) is 10.0 Å². The first-order chi connectivity index (χ1) is 7.42. The topological polar surface area (TPSA) is 9.23 Å². The molecule has 90 valence electrons. The van der Waals surface area contributed by atoms with Gasteiger partial charge in [-0.05, 0) is 23.5 Å². The fraction of sp³-hybridized carbons (Fsp3) is 0.500. The van der Waals surface area contributed by atoms with E-state index in [1.54, 1.807) is 13.2 Å².